The van der Waals surface area contributed by atoms with Crippen LogP contribution >= 0.6 is 0 Å². The molecular weight excluding hydrogens is 284 g/mol. The van der Waals surface area contributed by atoms with Crippen LogP contribution in [0.25, 0.3) is 0 Å². The monoisotopic (exact) mass is 301 g/mol. The van der Waals surface area contributed by atoms with Gasteiger partial charge in [-0.1, -0.05) is 6.42 Å². The second kappa shape index (κ2) is 6.31. The molecule has 0 saturated heterocycles. The van der Waals surface area contributed by atoms with E-state index in [1.807, 2.05) is 0 Å². The summed E-state index contributed by atoms with van der Waals surface area (Å²) in [6.07, 6.45) is 1.41. The molecule has 0 N–H and O–H groups in total. The summed E-state index contributed by atoms with van der Waals surface area (Å²) in [6.45, 7) is 3.54. The Morgan fingerprint density at radius 1 is 1.25 bits per heavy atom. The Morgan fingerprint density at radius 3 is 2.50 bits per heavy atom. The molecule has 0 amide bonds. The largest absolute Gasteiger partial charge is 0.224 e. The molecule has 20 heavy (non-hydrogen) atoms. The first kappa shape index (κ1) is 16.6. The van der Waals surface area contributed by atoms with Crippen molar-refractivity contribution in [1.82, 2.24) is 0 Å². The molecule has 0 saturated carbocycles. The SMILES string of the molecule is CC(C)(C#N)CCCCS(=O)(=O)c1cc(F)ccc1F. The maximum absolute atomic E-state index is 13.4. The standard InChI is InChI=1S/C14H17F2NO2S/c1-14(2,10-17)7-3-4-8-20(18,19)13-9-11(15)5-6-12(13)16/h5-6,9H,3-4,7-8H2,1-2H3. The summed E-state index contributed by atoms with van der Waals surface area (Å²) in [4.78, 5) is -0.600. The van der Waals surface area contributed by atoms with Gasteiger partial charge in [-0.15, -0.1) is 0 Å². The van der Waals surface area contributed by atoms with E-state index in [1.54, 1.807) is 13.8 Å². The second-order valence-electron chi connectivity index (χ2n) is 5.35. The van der Waals surface area contributed by atoms with Crippen molar-refractivity contribution in [2.75, 3.05) is 5.75 Å². The molecule has 0 aliphatic carbocycles. The average Bonchev–Trinajstić information content (AvgIpc) is 2.37. The number of nitrogens with zero attached hydrogens (tertiary/aromatic N) is 1. The highest BCUT2D eigenvalue weighted by Crippen LogP contribution is 2.23. The first-order valence-electron chi connectivity index (χ1n) is 6.27. The van der Waals surface area contributed by atoms with Gasteiger partial charge in [-0.25, -0.2) is 17.2 Å². The molecule has 1 aromatic carbocycles. The molecule has 6 heteroatoms. The van der Waals surface area contributed by atoms with Crippen LogP contribution in [-0.4, -0.2) is 14.2 Å². The second-order valence-corrected chi connectivity index (χ2v) is 7.42. The molecule has 0 heterocycles. The third-order valence-corrected chi connectivity index (χ3v) is 4.80. The first-order chi connectivity index (χ1) is 9.18. The quantitative estimate of drug-likeness (QED) is 0.756. The van der Waals surface area contributed by atoms with Gasteiger partial charge in [0, 0.05) is 0 Å². The molecule has 0 aliphatic heterocycles. The lowest BCUT2D eigenvalue weighted by Crippen LogP contribution is -2.12. The van der Waals surface area contributed by atoms with Gasteiger partial charge in [-0.2, -0.15) is 5.26 Å². The molecule has 0 bridgehead atoms. The minimum absolute atomic E-state index is 0.255. The van der Waals surface area contributed by atoms with Crippen LogP contribution in [0.4, 0.5) is 8.78 Å². The molecule has 0 unspecified atom stereocenters. The van der Waals surface area contributed by atoms with Gasteiger partial charge >= 0.3 is 0 Å². The van der Waals surface area contributed by atoms with Gasteiger partial charge in [-0.05, 0) is 44.9 Å². The van der Waals surface area contributed by atoms with Crippen molar-refractivity contribution in [1.29, 1.82) is 5.26 Å². The van der Waals surface area contributed by atoms with Crippen molar-refractivity contribution in [3.8, 4) is 6.07 Å². The molecular formula is C14H17F2NO2S. The maximum Gasteiger partial charge on any atom is 0.181 e. The smallest absolute Gasteiger partial charge is 0.181 e. The van der Waals surface area contributed by atoms with Crippen molar-refractivity contribution in [3.63, 3.8) is 0 Å². The Labute approximate surface area is 118 Å². The summed E-state index contributed by atoms with van der Waals surface area (Å²) in [7, 11) is -3.84. The Balaban J connectivity index is 2.68. The Kier molecular flexibility index (Phi) is 5.23. The zero-order valence-corrected chi connectivity index (χ0v) is 12.3. The minimum Gasteiger partial charge on any atom is -0.224 e. The van der Waals surface area contributed by atoms with Crippen LogP contribution in [0, 0.1) is 28.4 Å². The fraction of sp³-hybridized carbons (Fsp3) is 0.500. The van der Waals surface area contributed by atoms with Crippen LogP contribution < -0.4 is 0 Å². The zero-order chi connectivity index (χ0) is 15.4. The normalized spacial score (nSPS) is 12.2. The number of nitriles is 1. The lowest BCUT2D eigenvalue weighted by Gasteiger charge is -2.14. The highest BCUT2D eigenvalue weighted by atomic mass is 32.2. The lowest BCUT2D eigenvalue weighted by atomic mass is 9.89. The first-order valence-corrected chi connectivity index (χ1v) is 7.92. The van der Waals surface area contributed by atoms with Crippen LogP contribution in [-0.2, 0) is 9.84 Å². The third-order valence-electron chi connectivity index (χ3n) is 3.00. The maximum atomic E-state index is 13.4. The van der Waals surface area contributed by atoms with E-state index in [2.05, 4.69) is 6.07 Å². The van der Waals surface area contributed by atoms with Crippen LogP contribution in [0.15, 0.2) is 23.1 Å². The summed E-state index contributed by atoms with van der Waals surface area (Å²) in [5.41, 5.74) is -0.506. The van der Waals surface area contributed by atoms with E-state index in [1.165, 1.54) is 0 Å². The van der Waals surface area contributed by atoms with Crippen molar-refractivity contribution >= 4 is 9.84 Å². The molecule has 0 radical (unpaired) electrons. The number of rotatable bonds is 6. The number of hydrogen-bond donors (Lipinski definition) is 0. The van der Waals surface area contributed by atoms with Gasteiger partial charge in [-0.3, -0.25) is 0 Å². The number of unbranched alkanes of at least 4 members (excludes halogenated alkanes) is 1. The van der Waals surface area contributed by atoms with Crippen LogP contribution in [0.5, 0.6) is 0 Å². The van der Waals surface area contributed by atoms with Gasteiger partial charge in [0.1, 0.15) is 16.5 Å². The van der Waals surface area contributed by atoms with Gasteiger partial charge in [0.2, 0.25) is 0 Å². The zero-order valence-electron chi connectivity index (χ0n) is 11.5. The van der Waals surface area contributed by atoms with Gasteiger partial charge in [0.25, 0.3) is 0 Å². The Morgan fingerprint density at radius 2 is 1.90 bits per heavy atom. The molecule has 0 aromatic heterocycles. The van der Waals surface area contributed by atoms with E-state index in [0.717, 1.165) is 12.1 Å². The van der Waals surface area contributed by atoms with E-state index < -0.39 is 31.8 Å². The summed E-state index contributed by atoms with van der Waals surface area (Å²) in [6, 6.07) is 4.51. The van der Waals surface area contributed by atoms with Crippen molar-refractivity contribution < 1.29 is 17.2 Å². The van der Waals surface area contributed by atoms with E-state index >= 15 is 0 Å². The number of benzene rings is 1. The highest BCUT2D eigenvalue weighted by Gasteiger charge is 2.21. The topological polar surface area (TPSA) is 57.9 Å². The predicted octanol–water partition coefficient (Wildman–Crippen LogP) is 3.46. The molecule has 110 valence electrons. The molecule has 0 atom stereocenters. The number of hydrogen-bond acceptors (Lipinski definition) is 3. The molecule has 1 aromatic rings. The summed E-state index contributed by atoms with van der Waals surface area (Å²) < 4.78 is 50.3. The summed E-state index contributed by atoms with van der Waals surface area (Å²) in [5.74, 6) is -1.98. The van der Waals surface area contributed by atoms with Crippen LogP contribution in [0.3, 0.4) is 0 Å². The van der Waals surface area contributed by atoms with E-state index in [-0.39, 0.29) is 5.75 Å². The van der Waals surface area contributed by atoms with Crippen molar-refractivity contribution in [3.05, 3.63) is 29.8 Å². The Hall–Kier alpha value is -1.48. The average molecular weight is 301 g/mol. The fourth-order valence-electron chi connectivity index (χ4n) is 1.74. The van der Waals surface area contributed by atoms with Crippen LogP contribution in [0.1, 0.15) is 33.1 Å². The molecule has 1 rings (SSSR count). The summed E-state index contributed by atoms with van der Waals surface area (Å²) in [5, 5.41) is 8.84. The molecule has 0 spiro atoms. The number of halogens is 2. The third kappa shape index (κ3) is 4.57. The van der Waals surface area contributed by atoms with Crippen molar-refractivity contribution in [2.45, 2.75) is 38.0 Å². The van der Waals surface area contributed by atoms with Gasteiger partial charge in [0.15, 0.2) is 9.84 Å². The minimum atomic E-state index is -3.84. The molecule has 3 nitrogen and oxygen atoms in total. The number of sulfone groups is 1. The van der Waals surface area contributed by atoms with Crippen molar-refractivity contribution in [2.24, 2.45) is 5.41 Å². The lowest BCUT2D eigenvalue weighted by molar-refractivity contribution is 0.431. The van der Waals surface area contributed by atoms with E-state index in [9.17, 15) is 17.2 Å². The van der Waals surface area contributed by atoms with Crippen LogP contribution in [0.2, 0.25) is 0 Å². The van der Waals surface area contributed by atoms with E-state index in [4.69, 9.17) is 5.26 Å². The molecule has 0 aliphatic rings. The molecule has 0 fully saturated rings. The predicted molar refractivity (Wildman–Crippen MR) is 71.7 cm³/mol. The Bertz CT molecular complexity index is 619. The highest BCUT2D eigenvalue weighted by molar-refractivity contribution is 7.91. The van der Waals surface area contributed by atoms with Gasteiger partial charge < -0.3 is 0 Å². The van der Waals surface area contributed by atoms with Gasteiger partial charge in [0.05, 0.1) is 17.2 Å². The summed E-state index contributed by atoms with van der Waals surface area (Å²) >= 11 is 0. The fourth-order valence-corrected chi connectivity index (χ4v) is 3.20. The van der Waals surface area contributed by atoms with E-state index in [0.29, 0.717) is 25.3 Å².